The molecule has 144 valence electrons. The lowest BCUT2D eigenvalue weighted by atomic mass is 10.0. The summed E-state index contributed by atoms with van der Waals surface area (Å²) in [5.41, 5.74) is 9.55. The third kappa shape index (κ3) is 3.75. The zero-order valence-corrected chi connectivity index (χ0v) is 16.0. The number of alkyl halides is 1. The number of anilines is 2. The monoisotopic (exact) mass is 397 g/mol. The van der Waals surface area contributed by atoms with Crippen molar-refractivity contribution in [2.75, 3.05) is 29.8 Å². The maximum atomic E-state index is 12.8. The molecule has 1 aliphatic heterocycles. The molecule has 2 N–H and O–H groups in total. The number of amides is 1. The van der Waals surface area contributed by atoms with Gasteiger partial charge in [-0.3, -0.25) is 4.79 Å². The Labute approximate surface area is 166 Å². The van der Waals surface area contributed by atoms with E-state index < -0.39 is 6.86 Å². The Morgan fingerprint density at radius 3 is 2.96 bits per heavy atom. The number of benzene rings is 2. The maximum absolute atomic E-state index is 12.8. The van der Waals surface area contributed by atoms with E-state index in [4.69, 9.17) is 10.5 Å². The predicted molar refractivity (Wildman–Crippen MR) is 111 cm³/mol. The van der Waals surface area contributed by atoms with E-state index in [0.717, 1.165) is 36.0 Å². The molecular formula is C21H20FN3O2S. The molecule has 0 bridgehead atoms. The fourth-order valence-electron chi connectivity index (χ4n) is 3.42. The highest BCUT2D eigenvalue weighted by Crippen LogP contribution is 2.31. The molecule has 2 aromatic carbocycles. The van der Waals surface area contributed by atoms with Crippen LogP contribution in [0.2, 0.25) is 0 Å². The lowest BCUT2D eigenvalue weighted by molar-refractivity contribution is -0.116. The highest BCUT2D eigenvalue weighted by molar-refractivity contribution is 8.00. The van der Waals surface area contributed by atoms with E-state index in [1.165, 1.54) is 17.3 Å². The van der Waals surface area contributed by atoms with Crippen LogP contribution in [0, 0.1) is 0 Å². The number of carbonyl (C=O) groups is 1. The minimum atomic E-state index is -0.885. The Morgan fingerprint density at radius 1 is 1.25 bits per heavy atom. The number of nitrogen functional groups attached to an aromatic ring is 1. The van der Waals surface area contributed by atoms with E-state index in [2.05, 4.69) is 11.1 Å². The molecule has 2 heterocycles. The average Bonchev–Trinajstić information content (AvgIpc) is 2.72. The van der Waals surface area contributed by atoms with Gasteiger partial charge in [0.25, 0.3) is 0 Å². The summed E-state index contributed by atoms with van der Waals surface area (Å²) in [6.45, 7) is -0.154. The van der Waals surface area contributed by atoms with E-state index in [-0.39, 0.29) is 11.7 Å². The van der Waals surface area contributed by atoms with Crippen molar-refractivity contribution < 1.29 is 13.9 Å². The summed E-state index contributed by atoms with van der Waals surface area (Å²) in [7, 11) is 0. The summed E-state index contributed by atoms with van der Waals surface area (Å²) >= 11 is 1.33. The van der Waals surface area contributed by atoms with Crippen molar-refractivity contribution >= 4 is 39.9 Å². The Kier molecular flexibility index (Phi) is 5.34. The highest BCUT2D eigenvalue weighted by Gasteiger charge is 2.22. The van der Waals surface area contributed by atoms with Crippen molar-refractivity contribution in [2.24, 2.45) is 0 Å². The summed E-state index contributed by atoms with van der Waals surface area (Å²) in [6.07, 6.45) is 1.97. The van der Waals surface area contributed by atoms with Crippen LogP contribution in [0.5, 0.6) is 5.75 Å². The van der Waals surface area contributed by atoms with Crippen LogP contribution >= 0.6 is 11.8 Å². The van der Waals surface area contributed by atoms with E-state index in [9.17, 15) is 9.18 Å². The molecule has 1 amide bonds. The molecule has 1 aromatic heterocycles. The molecular weight excluding hydrogens is 377 g/mol. The van der Waals surface area contributed by atoms with Crippen LogP contribution in [-0.2, 0) is 11.2 Å². The molecule has 0 unspecified atom stereocenters. The first-order valence-electron chi connectivity index (χ1n) is 9.06. The fourth-order valence-corrected chi connectivity index (χ4v) is 4.23. The van der Waals surface area contributed by atoms with Gasteiger partial charge in [0, 0.05) is 17.6 Å². The van der Waals surface area contributed by atoms with Crippen LogP contribution in [0.25, 0.3) is 10.9 Å². The topological polar surface area (TPSA) is 68.5 Å². The van der Waals surface area contributed by atoms with Crippen molar-refractivity contribution in [3.63, 3.8) is 0 Å². The number of pyridine rings is 1. The largest absolute Gasteiger partial charge is 0.463 e. The molecule has 28 heavy (non-hydrogen) atoms. The van der Waals surface area contributed by atoms with Crippen molar-refractivity contribution in [1.29, 1.82) is 0 Å². The third-order valence-corrected chi connectivity index (χ3v) is 5.74. The molecule has 0 atom stereocenters. The van der Waals surface area contributed by atoms with E-state index >= 15 is 0 Å². The molecule has 0 aliphatic carbocycles. The second-order valence-electron chi connectivity index (χ2n) is 6.56. The molecule has 7 heteroatoms. The summed E-state index contributed by atoms with van der Waals surface area (Å²) in [5.74, 6) is 0.737. The van der Waals surface area contributed by atoms with Gasteiger partial charge < -0.3 is 15.4 Å². The first-order chi connectivity index (χ1) is 13.7. The molecule has 0 saturated carbocycles. The SMILES string of the molecule is Nc1cc2cc(OCF)ccc2nc1SCC(=O)N1CCCc2ccccc21. The summed E-state index contributed by atoms with van der Waals surface area (Å²) < 4.78 is 17.2. The lowest BCUT2D eigenvalue weighted by Crippen LogP contribution is -2.36. The Hall–Kier alpha value is -2.80. The number of aryl methyl sites for hydroxylation is 1. The van der Waals surface area contributed by atoms with Crippen molar-refractivity contribution in [2.45, 2.75) is 17.9 Å². The number of nitrogens with two attached hydrogens (primary N) is 1. The summed E-state index contributed by atoms with van der Waals surface area (Å²) in [6, 6.07) is 14.9. The van der Waals surface area contributed by atoms with Crippen molar-refractivity contribution in [3.8, 4) is 5.75 Å². The van der Waals surface area contributed by atoms with Gasteiger partial charge in [-0.15, -0.1) is 0 Å². The number of para-hydroxylation sites is 1. The third-order valence-electron chi connectivity index (χ3n) is 4.74. The number of carbonyl (C=O) groups excluding carboxylic acids is 1. The van der Waals surface area contributed by atoms with Gasteiger partial charge in [-0.05, 0) is 48.7 Å². The number of ether oxygens (including phenoxy) is 1. The first-order valence-corrected chi connectivity index (χ1v) is 10.0. The van der Waals surface area contributed by atoms with Gasteiger partial charge in [-0.1, -0.05) is 30.0 Å². The van der Waals surface area contributed by atoms with Gasteiger partial charge in [-0.2, -0.15) is 0 Å². The van der Waals surface area contributed by atoms with Gasteiger partial charge in [0.15, 0.2) is 0 Å². The van der Waals surface area contributed by atoms with Crippen LogP contribution in [0.1, 0.15) is 12.0 Å². The molecule has 3 aromatic rings. The maximum Gasteiger partial charge on any atom is 0.237 e. The number of hydrogen-bond acceptors (Lipinski definition) is 5. The fraction of sp³-hybridized carbons (Fsp3) is 0.238. The Bertz CT molecular complexity index is 1030. The minimum absolute atomic E-state index is 0.0464. The van der Waals surface area contributed by atoms with E-state index in [0.29, 0.717) is 16.5 Å². The van der Waals surface area contributed by atoms with Gasteiger partial charge in [0.05, 0.1) is 17.0 Å². The quantitative estimate of drug-likeness (QED) is 0.654. The summed E-state index contributed by atoms with van der Waals surface area (Å²) in [4.78, 5) is 19.2. The number of aromatic nitrogens is 1. The van der Waals surface area contributed by atoms with Crippen LogP contribution in [0.4, 0.5) is 15.8 Å². The minimum Gasteiger partial charge on any atom is -0.463 e. The predicted octanol–water partition coefficient (Wildman–Crippen LogP) is 4.19. The number of nitrogens with zero attached hydrogens (tertiary/aromatic N) is 2. The zero-order valence-electron chi connectivity index (χ0n) is 15.2. The normalized spacial score (nSPS) is 13.4. The second kappa shape index (κ2) is 8.06. The molecule has 0 saturated heterocycles. The molecule has 4 rings (SSSR count). The first kappa shape index (κ1) is 18.6. The molecule has 0 fully saturated rings. The Balaban J connectivity index is 1.50. The summed E-state index contributed by atoms with van der Waals surface area (Å²) in [5, 5.41) is 1.38. The van der Waals surface area contributed by atoms with Gasteiger partial charge in [-0.25, -0.2) is 9.37 Å². The van der Waals surface area contributed by atoms with Crippen molar-refractivity contribution in [1.82, 2.24) is 4.98 Å². The molecule has 0 radical (unpaired) electrons. The van der Waals surface area contributed by atoms with Crippen LogP contribution in [0.3, 0.4) is 0 Å². The molecule has 0 spiro atoms. The van der Waals surface area contributed by atoms with Crippen molar-refractivity contribution in [3.05, 3.63) is 54.1 Å². The number of rotatable bonds is 5. The van der Waals surface area contributed by atoms with Gasteiger partial charge in [0.1, 0.15) is 10.8 Å². The Morgan fingerprint density at radius 2 is 2.11 bits per heavy atom. The number of halogens is 1. The second-order valence-corrected chi connectivity index (χ2v) is 7.52. The van der Waals surface area contributed by atoms with Crippen LogP contribution in [0.15, 0.2) is 53.6 Å². The average molecular weight is 397 g/mol. The zero-order chi connectivity index (χ0) is 19.5. The van der Waals surface area contributed by atoms with E-state index in [1.807, 2.05) is 23.1 Å². The number of thioether (sulfide) groups is 1. The van der Waals surface area contributed by atoms with Crippen LogP contribution < -0.4 is 15.4 Å². The highest BCUT2D eigenvalue weighted by atomic mass is 32.2. The van der Waals surface area contributed by atoms with Gasteiger partial charge in [0.2, 0.25) is 12.8 Å². The number of fused-ring (bicyclic) bond motifs is 2. The molecule has 5 nitrogen and oxygen atoms in total. The van der Waals surface area contributed by atoms with Crippen LogP contribution in [-0.4, -0.2) is 30.0 Å². The standard InChI is InChI=1S/C21H20FN3O2S/c22-13-27-16-7-8-18-15(10-16)11-17(23)21(24-18)28-12-20(26)25-9-3-5-14-4-1-2-6-19(14)25/h1-2,4,6-8,10-11H,3,5,9,12-13,23H2. The van der Waals surface area contributed by atoms with E-state index in [1.54, 1.807) is 24.3 Å². The number of hydrogen-bond donors (Lipinski definition) is 1. The lowest BCUT2D eigenvalue weighted by Gasteiger charge is -2.29. The smallest absolute Gasteiger partial charge is 0.237 e. The van der Waals surface area contributed by atoms with Gasteiger partial charge >= 0.3 is 0 Å². The molecule has 1 aliphatic rings.